The number of rotatable bonds is 8. The van der Waals surface area contributed by atoms with E-state index in [2.05, 4.69) is 10.6 Å². The summed E-state index contributed by atoms with van der Waals surface area (Å²) in [5, 5.41) is 4.64. The maximum atomic E-state index is 13.5. The van der Waals surface area contributed by atoms with Crippen LogP contribution in [0.3, 0.4) is 0 Å². The molecule has 1 atom stereocenters. The molecular weight excluding hydrogens is 388 g/mol. The number of anilines is 1. The lowest BCUT2D eigenvalue weighted by atomic mass is 9.92. The summed E-state index contributed by atoms with van der Waals surface area (Å²) < 4.78 is 31.3. The summed E-state index contributed by atoms with van der Waals surface area (Å²) in [4.78, 5) is 49.0. The van der Waals surface area contributed by atoms with Crippen LogP contribution in [0.25, 0.3) is 0 Å². The fraction of sp³-hybridized carbons (Fsp3) is 0.474. The fourth-order valence-corrected chi connectivity index (χ4v) is 2.74. The van der Waals surface area contributed by atoms with Crippen molar-refractivity contribution in [2.45, 2.75) is 39.2 Å². The van der Waals surface area contributed by atoms with Gasteiger partial charge in [0.25, 0.3) is 11.8 Å². The average Bonchev–Trinajstić information content (AvgIpc) is 2.85. The molecule has 1 heterocycles. The van der Waals surface area contributed by atoms with Gasteiger partial charge in [0.05, 0.1) is 5.69 Å². The van der Waals surface area contributed by atoms with Crippen molar-refractivity contribution in [3.05, 3.63) is 29.8 Å². The highest BCUT2D eigenvalue weighted by Crippen LogP contribution is 2.24. The maximum absolute atomic E-state index is 13.5. The van der Waals surface area contributed by atoms with Crippen LogP contribution >= 0.6 is 0 Å². The molecule has 1 fully saturated rings. The van der Waals surface area contributed by atoms with E-state index in [1.165, 1.54) is 0 Å². The number of urea groups is 1. The Morgan fingerprint density at radius 3 is 2.62 bits per heavy atom. The molecule has 158 valence electrons. The Balaban J connectivity index is 1.87. The van der Waals surface area contributed by atoms with Gasteiger partial charge in [0.1, 0.15) is 23.7 Å². The number of hydrogen-bond donors (Lipinski definition) is 2. The van der Waals surface area contributed by atoms with E-state index in [0.717, 1.165) is 23.1 Å². The van der Waals surface area contributed by atoms with Crippen molar-refractivity contribution in [2.24, 2.45) is 5.92 Å². The molecule has 1 aromatic rings. The number of hydrogen-bond acceptors (Lipinski definition) is 5. The molecule has 10 heteroatoms. The summed E-state index contributed by atoms with van der Waals surface area (Å²) >= 11 is 0. The van der Waals surface area contributed by atoms with E-state index < -0.39 is 59.8 Å². The monoisotopic (exact) mass is 411 g/mol. The van der Waals surface area contributed by atoms with Crippen LogP contribution in [-0.4, -0.2) is 47.4 Å². The molecule has 29 heavy (non-hydrogen) atoms. The third-order valence-electron chi connectivity index (χ3n) is 4.42. The summed E-state index contributed by atoms with van der Waals surface area (Å²) in [5.74, 6) is -3.72. The minimum Gasteiger partial charge on any atom is -0.454 e. The lowest BCUT2D eigenvalue weighted by molar-refractivity contribution is -0.150. The zero-order valence-electron chi connectivity index (χ0n) is 16.4. The third-order valence-corrected chi connectivity index (χ3v) is 4.42. The largest absolute Gasteiger partial charge is 0.454 e. The van der Waals surface area contributed by atoms with Gasteiger partial charge in [-0.2, -0.15) is 0 Å². The fourth-order valence-electron chi connectivity index (χ4n) is 2.74. The van der Waals surface area contributed by atoms with Gasteiger partial charge in [0.2, 0.25) is 0 Å². The summed E-state index contributed by atoms with van der Waals surface area (Å²) in [6.07, 6.45) is 1.13. The average molecular weight is 411 g/mol. The number of amides is 4. The third kappa shape index (κ3) is 5.72. The van der Waals surface area contributed by atoms with Crippen LogP contribution in [0.2, 0.25) is 0 Å². The predicted octanol–water partition coefficient (Wildman–Crippen LogP) is 2.19. The predicted molar refractivity (Wildman–Crippen MR) is 98.7 cm³/mol. The summed E-state index contributed by atoms with van der Waals surface area (Å²) in [5.41, 5.74) is -1.51. The van der Waals surface area contributed by atoms with E-state index in [1.807, 2.05) is 13.8 Å². The van der Waals surface area contributed by atoms with Crippen LogP contribution in [0.5, 0.6) is 0 Å². The number of ether oxygens (including phenoxy) is 1. The quantitative estimate of drug-likeness (QED) is 0.504. The highest BCUT2D eigenvalue weighted by Gasteiger charge is 2.48. The van der Waals surface area contributed by atoms with Crippen molar-refractivity contribution in [1.82, 2.24) is 10.2 Å². The zero-order chi connectivity index (χ0) is 21.8. The van der Waals surface area contributed by atoms with Gasteiger partial charge in [0, 0.05) is 6.07 Å². The Kier molecular flexibility index (Phi) is 6.89. The first-order valence-corrected chi connectivity index (χ1v) is 9.06. The van der Waals surface area contributed by atoms with E-state index >= 15 is 0 Å². The van der Waals surface area contributed by atoms with Crippen LogP contribution in [0.1, 0.15) is 33.6 Å². The Bertz CT molecular complexity index is 830. The molecule has 0 spiro atoms. The van der Waals surface area contributed by atoms with Gasteiger partial charge in [-0.15, -0.1) is 0 Å². The summed E-state index contributed by atoms with van der Waals surface area (Å²) in [6.45, 7) is 4.11. The van der Waals surface area contributed by atoms with Crippen LogP contribution < -0.4 is 10.6 Å². The molecule has 0 aliphatic carbocycles. The van der Waals surface area contributed by atoms with Gasteiger partial charge in [-0.25, -0.2) is 13.6 Å². The number of nitrogens with zero attached hydrogens (tertiary/aromatic N) is 1. The molecule has 2 rings (SSSR count). The van der Waals surface area contributed by atoms with Gasteiger partial charge in [-0.05, 0) is 37.8 Å². The first-order valence-electron chi connectivity index (χ1n) is 9.06. The van der Waals surface area contributed by atoms with Crippen LogP contribution in [0.4, 0.5) is 19.3 Å². The molecule has 4 amide bonds. The topological polar surface area (TPSA) is 105 Å². The Labute approximate surface area is 166 Å². The Morgan fingerprint density at radius 2 is 1.97 bits per heavy atom. The normalized spacial score (nSPS) is 18.8. The number of carbonyl (C=O) groups excluding carboxylic acids is 4. The first kappa shape index (κ1) is 22.3. The van der Waals surface area contributed by atoms with Gasteiger partial charge in [-0.1, -0.05) is 13.8 Å². The SMILES string of the molecule is CC(C)CC[C@]1(C)NC(=O)N(CC(=O)OCC(=O)Nc2cc(F)ccc2F)C1=O. The van der Waals surface area contributed by atoms with Gasteiger partial charge >= 0.3 is 12.0 Å². The van der Waals surface area contributed by atoms with Crippen molar-refractivity contribution in [1.29, 1.82) is 0 Å². The van der Waals surface area contributed by atoms with Crippen LogP contribution in [0.15, 0.2) is 18.2 Å². The standard InChI is InChI=1S/C19H23F2N3O5/c1-11(2)6-7-19(3)17(27)24(18(28)23-19)9-16(26)29-10-15(25)22-14-8-12(20)4-5-13(14)21/h4-5,8,11H,6-7,9-10H2,1-3H3,(H,22,25)(H,23,28)/t19-/m0/s1. The maximum Gasteiger partial charge on any atom is 0.326 e. The zero-order valence-corrected chi connectivity index (χ0v) is 16.4. The minimum absolute atomic E-state index is 0.331. The van der Waals surface area contributed by atoms with Crippen molar-refractivity contribution in [2.75, 3.05) is 18.5 Å². The summed E-state index contributed by atoms with van der Waals surface area (Å²) in [7, 11) is 0. The second kappa shape index (κ2) is 8.97. The van der Waals surface area contributed by atoms with Gasteiger partial charge in [0.15, 0.2) is 6.61 Å². The number of esters is 1. The lowest BCUT2D eigenvalue weighted by Gasteiger charge is -2.22. The van der Waals surface area contributed by atoms with E-state index in [4.69, 9.17) is 4.74 Å². The number of imide groups is 1. The van der Waals surface area contributed by atoms with Crippen molar-refractivity contribution < 1.29 is 32.7 Å². The van der Waals surface area contributed by atoms with Crippen molar-refractivity contribution >= 4 is 29.5 Å². The molecule has 0 radical (unpaired) electrons. The van der Waals surface area contributed by atoms with Crippen LogP contribution in [-0.2, 0) is 19.1 Å². The minimum atomic E-state index is -1.10. The Hall–Kier alpha value is -3.04. The lowest BCUT2D eigenvalue weighted by Crippen LogP contribution is -2.44. The van der Waals surface area contributed by atoms with E-state index in [9.17, 15) is 28.0 Å². The van der Waals surface area contributed by atoms with Crippen molar-refractivity contribution in [3.63, 3.8) is 0 Å². The molecular formula is C19H23F2N3O5. The van der Waals surface area contributed by atoms with E-state index in [0.29, 0.717) is 18.8 Å². The van der Waals surface area contributed by atoms with E-state index in [1.54, 1.807) is 6.92 Å². The molecule has 0 saturated carbocycles. The molecule has 0 bridgehead atoms. The Morgan fingerprint density at radius 1 is 1.28 bits per heavy atom. The number of halogens is 2. The number of nitrogens with one attached hydrogen (secondary N) is 2. The molecule has 1 aliphatic rings. The second-order valence-electron chi connectivity index (χ2n) is 7.42. The smallest absolute Gasteiger partial charge is 0.326 e. The number of benzene rings is 1. The van der Waals surface area contributed by atoms with Gasteiger partial charge < -0.3 is 15.4 Å². The molecule has 1 aliphatic heterocycles. The van der Waals surface area contributed by atoms with Gasteiger partial charge in [-0.3, -0.25) is 19.3 Å². The van der Waals surface area contributed by atoms with Crippen molar-refractivity contribution in [3.8, 4) is 0 Å². The highest BCUT2D eigenvalue weighted by atomic mass is 19.1. The molecule has 0 unspecified atom stereocenters. The number of carbonyl (C=O) groups is 4. The first-order chi connectivity index (χ1) is 13.5. The molecule has 8 nitrogen and oxygen atoms in total. The second-order valence-corrected chi connectivity index (χ2v) is 7.42. The highest BCUT2D eigenvalue weighted by molar-refractivity contribution is 6.08. The van der Waals surface area contributed by atoms with Crippen LogP contribution in [0, 0.1) is 17.6 Å². The molecule has 2 N–H and O–H groups in total. The molecule has 1 aromatic carbocycles. The molecule has 1 saturated heterocycles. The molecule has 0 aromatic heterocycles. The summed E-state index contributed by atoms with van der Waals surface area (Å²) in [6, 6.07) is 1.79. The van der Waals surface area contributed by atoms with E-state index in [-0.39, 0.29) is 0 Å².